The molecule has 1 nitrogen and oxygen atoms in total. The SMILES string of the molecule is C=C(C)C[C@@H](N)c1cc(C(F)(F)F)ccc1Br.Cl. The number of benzene rings is 1. The van der Waals surface area contributed by atoms with Crippen LogP contribution < -0.4 is 5.73 Å². The van der Waals surface area contributed by atoms with Crippen molar-refractivity contribution in [3.8, 4) is 0 Å². The third-order valence-corrected chi connectivity index (χ3v) is 3.01. The Morgan fingerprint density at radius 2 is 2.00 bits per heavy atom. The van der Waals surface area contributed by atoms with Crippen molar-refractivity contribution in [1.82, 2.24) is 0 Å². The molecule has 0 unspecified atom stereocenters. The average Bonchev–Trinajstić information content (AvgIpc) is 2.15. The second-order valence-electron chi connectivity index (χ2n) is 4.00. The highest BCUT2D eigenvalue weighted by Crippen LogP contribution is 2.34. The highest BCUT2D eigenvalue weighted by atomic mass is 79.9. The molecule has 0 aromatic heterocycles. The van der Waals surface area contributed by atoms with E-state index in [0.717, 1.165) is 17.7 Å². The molecule has 0 saturated carbocycles. The van der Waals surface area contributed by atoms with E-state index in [-0.39, 0.29) is 12.4 Å². The summed E-state index contributed by atoms with van der Waals surface area (Å²) in [5.41, 5.74) is 6.45. The van der Waals surface area contributed by atoms with E-state index in [2.05, 4.69) is 22.5 Å². The molecule has 0 aliphatic rings. The smallest absolute Gasteiger partial charge is 0.324 e. The Morgan fingerprint density at radius 3 is 2.44 bits per heavy atom. The molecule has 0 heterocycles. The van der Waals surface area contributed by atoms with Crippen molar-refractivity contribution >= 4 is 28.3 Å². The summed E-state index contributed by atoms with van der Waals surface area (Å²) in [5.74, 6) is 0. The second kappa shape index (κ2) is 6.59. The molecule has 0 saturated heterocycles. The molecular weight excluding hydrogens is 330 g/mol. The van der Waals surface area contributed by atoms with Gasteiger partial charge >= 0.3 is 6.18 Å². The van der Waals surface area contributed by atoms with E-state index >= 15 is 0 Å². The normalized spacial score (nSPS) is 12.8. The molecule has 0 bridgehead atoms. The van der Waals surface area contributed by atoms with Gasteiger partial charge in [-0.05, 0) is 37.1 Å². The summed E-state index contributed by atoms with van der Waals surface area (Å²) in [6.45, 7) is 5.50. The quantitative estimate of drug-likeness (QED) is 0.779. The first-order valence-electron chi connectivity index (χ1n) is 4.98. The Kier molecular flexibility index (Phi) is 6.40. The zero-order chi connectivity index (χ0) is 13.2. The van der Waals surface area contributed by atoms with Crippen molar-refractivity contribution in [3.63, 3.8) is 0 Å². The first kappa shape index (κ1) is 17.5. The van der Waals surface area contributed by atoms with Crippen LogP contribution in [0.1, 0.15) is 30.5 Å². The van der Waals surface area contributed by atoms with E-state index in [1.54, 1.807) is 6.92 Å². The van der Waals surface area contributed by atoms with Crippen molar-refractivity contribution in [1.29, 1.82) is 0 Å². The molecule has 1 aromatic carbocycles. The Balaban J connectivity index is 0.00000289. The van der Waals surface area contributed by atoms with Gasteiger partial charge in [0.1, 0.15) is 0 Å². The van der Waals surface area contributed by atoms with E-state index < -0.39 is 17.8 Å². The lowest BCUT2D eigenvalue weighted by Crippen LogP contribution is -2.13. The third kappa shape index (κ3) is 4.63. The van der Waals surface area contributed by atoms with Crippen LogP contribution in [0.4, 0.5) is 13.2 Å². The molecule has 102 valence electrons. The lowest BCUT2D eigenvalue weighted by Gasteiger charge is -2.16. The number of nitrogens with two attached hydrogens (primary N) is 1. The second-order valence-corrected chi connectivity index (χ2v) is 4.86. The van der Waals surface area contributed by atoms with Gasteiger partial charge in [0.05, 0.1) is 5.56 Å². The summed E-state index contributed by atoms with van der Waals surface area (Å²) in [4.78, 5) is 0. The molecule has 1 rings (SSSR count). The largest absolute Gasteiger partial charge is 0.416 e. The van der Waals surface area contributed by atoms with Gasteiger partial charge in [-0.1, -0.05) is 21.5 Å². The summed E-state index contributed by atoms with van der Waals surface area (Å²) in [6, 6.07) is 3.00. The molecule has 2 N–H and O–H groups in total. The van der Waals surface area contributed by atoms with Gasteiger partial charge in [-0.3, -0.25) is 0 Å². The number of halogens is 5. The van der Waals surface area contributed by atoms with Crippen LogP contribution in [0.3, 0.4) is 0 Å². The van der Waals surface area contributed by atoms with E-state index in [9.17, 15) is 13.2 Å². The first-order chi connectivity index (χ1) is 7.71. The van der Waals surface area contributed by atoms with Crippen LogP contribution in [0.25, 0.3) is 0 Å². The zero-order valence-corrected chi connectivity index (χ0v) is 12.1. The fourth-order valence-electron chi connectivity index (χ4n) is 1.49. The van der Waals surface area contributed by atoms with Gasteiger partial charge in [0.15, 0.2) is 0 Å². The van der Waals surface area contributed by atoms with E-state index in [4.69, 9.17) is 5.73 Å². The summed E-state index contributed by atoms with van der Waals surface area (Å²) in [7, 11) is 0. The van der Waals surface area contributed by atoms with Crippen LogP contribution in [0.15, 0.2) is 34.8 Å². The van der Waals surface area contributed by atoms with Gasteiger partial charge in [-0.15, -0.1) is 19.0 Å². The predicted octanol–water partition coefficient (Wildman–Crippen LogP) is 4.86. The molecule has 6 heteroatoms. The molecule has 0 aliphatic carbocycles. The lowest BCUT2D eigenvalue weighted by atomic mass is 9.99. The van der Waals surface area contributed by atoms with Gasteiger partial charge in [0.25, 0.3) is 0 Å². The molecule has 0 radical (unpaired) electrons. The standard InChI is InChI=1S/C12H13BrF3N.ClH/c1-7(2)5-11(17)9-6-8(12(14,15)16)3-4-10(9)13;/h3-4,6,11H,1,5,17H2,2H3;1H/t11-;/m1./s1. The van der Waals surface area contributed by atoms with Crippen molar-refractivity contribution < 1.29 is 13.2 Å². The molecule has 18 heavy (non-hydrogen) atoms. The maximum atomic E-state index is 12.6. The Labute approximate surface area is 119 Å². The minimum atomic E-state index is -4.35. The maximum absolute atomic E-state index is 12.6. The van der Waals surface area contributed by atoms with Gasteiger partial charge in [0, 0.05) is 10.5 Å². The topological polar surface area (TPSA) is 26.0 Å². The average molecular weight is 345 g/mol. The van der Waals surface area contributed by atoms with Crippen molar-refractivity contribution in [3.05, 3.63) is 46.0 Å². The van der Waals surface area contributed by atoms with Crippen LogP contribution in [0.5, 0.6) is 0 Å². The van der Waals surface area contributed by atoms with E-state index in [1.165, 1.54) is 6.07 Å². The molecular formula is C12H14BrClF3N. The molecule has 1 atom stereocenters. The summed E-state index contributed by atoms with van der Waals surface area (Å²) in [5, 5.41) is 0. The van der Waals surface area contributed by atoms with Crippen LogP contribution in [-0.2, 0) is 6.18 Å². The van der Waals surface area contributed by atoms with Crippen LogP contribution in [0.2, 0.25) is 0 Å². The minimum Gasteiger partial charge on any atom is -0.324 e. The highest BCUT2D eigenvalue weighted by molar-refractivity contribution is 9.10. The fraction of sp³-hybridized carbons (Fsp3) is 0.333. The first-order valence-corrected chi connectivity index (χ1v) is 5.77. The number of hydrogen-bond acceptors (Lipinski definition) is 1. The molecule has 0 spiro atoms. The minimum absolute atomic E-state index is 0. The number of rotatable bonds is 3. The fourth-order valence-corrected chi connectivity index (χ4v) is 2.03. The van der Waals surface area contributed by atoms with Gasteiger partial charge in [-0.25, -0.2) is 0 Å². The maximum Gasteiger partial charge on any atom is 0.416 e. The Hall–Kier alpha value is -0.520. The van der Waals surface area contributed by atoms with E-state index in [0.29, 0.717) is 16.5 Å². The summed E-state index contributed by atoms with van der Waals surface area (Å²) >= 11 is 3.21. The Bertz CT molecular complexity index is 432. The van der Waals surface area contributed by atoms with Crippen molar-refractivity contribution in [2.75, 3.05) is 0 Å². The van der Waals surface area contributed by atoms with Gasteiger partial charge in [-0.2, -0.15) is 13.2 Å². The summed E-state index contributed by atoms with van der Waals surface area (Å²) in [6.07, 6.45) is -3.89. The third-order valence-electron chi connectivity index (χ3n) is 2.29. The predicted molar refractivity (Wildman–Crippen MR) is 72.8 cm³/mol. The Morgan fingerprint density at radius 1 is 1.44 bits per heavy atom. The zero-order valence-electron chi connectivity index (χ0n) is 9.72. The monoisotopic (exact) mass is 343 g/mol. The van der Waals surface area contributed by atoms with Gasteiger partial charge in [0.2, 0.25) is 0 Å². The number of alkyl halides is 3. The molecule has 0 aliphatic heterocycles. The molecule has 1 aromatic rings. The van der Waals surface area contributed by atoms with Crippen LogP contribution in [-0.4, -0.2) is 0 Å². The van der Waals surface area contributed by atoms with E-state index in [1.807, 2.05) is 0 Å². The van der Waals surface area contributed by atoms with Crippen molar-refractivity contribution in [2.24, 2.45) is 5.73 Å². The van der Waals surface area contributed by atoms with Gasteiger partial charge < -0.3 is 5.73 Å². The molecule has 0 amide bonds. The molecule has 0 fully saturated rings. The highest BCUT2D eigenvalue weighted by Gasteiger charge is 2.31. The van der Waals surface area contributed by atoms with Crippen molar-refractivity contribution in [2.45, 2.75) is 25.6 Å². The van der Waals surface area contributed by atoms with Crippen LogP contribution >= 0.6 is 28.3 Å². The van der Waals surface area contributed by atoms with Crippen LogP contribution in [0, 0.1) is 0 Å². The number of hydrogen-bond donors (Lipinski definition) is 1. The summed E-state index contributed by atoms with van der Waals surface area (Å²) < 4.78 is 38.2. The lowest BCUT2D eigenvalue weighted by molar-refractivity contribution is -0.137.